The first-order valence-corrected chi connectivity index (χ1v) is 8.64. The van der Waals surface area contributed by atoms with Gasteiger partial charge in [-0.15, -0.1) is 0 Å². The number of carbonyl (C=O) groups excluding carboxylic acids is 1. The molecule has 2 atom stereocenters. The standard InChI is InChI=1S/C17H25N3O6/c1-2-3-9-16(20(24)25)11-10-15(12-19(22)23)18-17(21)26-13-14-7-5-4-6-8-14/h4-8,15-16H,2-3,9-13H2,1H3,(H,18,21). The number of ether oxygens (including phenoxy) is 1. The highest BCUT2D eigenvalue weighted by Crippen LogP contribution is 2.12. The summed E-state index contributed by atoms with van der Waals surface area (Å²) >= 11 is 0. The number of nitro groups is 2. The van der Waals surface area contributed by atoms with Gasteiger partial charge in [0.1, 0.15) is 6.61 Å². The topological polar surface area (TPSA) is 125 Å². The Morgan fingerprint density at radius 1 is 1.15 bits per heavy atom. The van der Waals surface area contributed by atoms with Gasteiger partial charge >= 0.3 is 6.09 Å². The van der Waals surface area contributed by atoms with E-state index in [0.717, 1.165) is 18.4 Å². The summed E-state index contributed by atoms with van der Waals surface area (Å²) in [7, 11) is 0. The Labute approximate surface area is 152 Å². The lowest BCUT2D eigenvalue weighted by atomic mass is 10.0. The van der Waals surface area contributed by atoms with Crippen molar-refractivity contribution in [3.05, 3.63) is 56.1 Å². The zero-order valence-corrected chi connectivity index (χ0v) is 14.8. The van der Waals surface area contributed by atoms with Crippen LogP contribution in [0, 0.1) is 20.2 Å². The Bertz CT molecular complexity index is 581. The number of nitrogens with one attached hydrogen (secondary N) is 1. The first-order valence-electron chi connectivity index (χ1n) is 8.64. The van der Waals surface area contributed by atoms with Gasteiger partial charge in [-0.2, -0.15) is 0 Å². The number of unbranched alkanes of at least 4 members (excludes halogenated alkanes) is 1. The monoisotopic (exact) mass is 367 g/mol. The van der Waals surface area contributed by atoms with Gasteiger partial charge in [0.15, 0.2) is 0 Å². The van der Waals surface area contributed by atoms with Crippen molar-refractivity contribution in [3.8, 4) is 0 Å². The van der Waals surface area contributed by atoms with E-state index in [-0.39, 0.29) is 24.4 Å². The molecule has 1 aromatic carbocycles. The predicted molar refractivity (Wildman–Crippen MR) is 95.0 cm³/mol. The van der Waals surface area contributed by atoms with Crippen LogP contribution in [0.15, 0.2) is 30.3 Å². The highest BCUT2D eigenvalue weighted by molar-refractivity contribution is 5.67. The number of amides is 1. The molecule has 0 aromatic heterocycles. The van der Waals surface area contributed by atoms with Crippen molar-refractivity contribution in [2.24, 2.45) is 0 Å². The molecular formula is C17H25N3O6. The molecule has 1 rings (SSSR count). The normalized spacial score (nSPS) is 12.8. The maximum absolute atomic E-state index is 11.9. The summed E-state index contributed by atoms with van der Waals surface area (Å²) in [6.45, 7) is 1.49. The number of hydrogen-bond acceptors (Lipinski definition) is 6. The van der Waals surface area contributed by atoms with Gasteiger partial charge < -0.3 is 10.1 Å². The first-order chi connectivity index (χ1) is 12.4. The Morgan fingerprint density at radius 3 is 2.42 bits per heavy atom. The predicted octanol–water partition coefficient (Wildman–Crippen LogP) is 3.17. The van der Waals surface area contributed by atoms with Gasteiger partial charge in [-0.1, -0.05) is 43.7 Å². The Balaban J connectivity index is 2.52. The molecule has 2 unspecified atom stereocenters. The molecule has 1 amide bonds. The van der Waals surface area contributed by atoms with Gasteiger partial charge in [0.2, 0.25) is 12.6 Å². The number of benzene rings is 1. The van der Waals surface area contributed by atoms with E-state index >= 15 is 0 Å². The number of alkyl carbamates (subject to hydrolysis) is 1. The quantitative estimate of drug-likeness (QED) is 0.447. The summed E-state index contributed by atoms with van der Waals surface area (Å²) in [6, 6.07) is 7.46. The van der Waals surface area contributed by atoms with E-state index in [1.165, 1.54) is 0 Å². The Kier molecular flexibility index (Phi) is 9.66. The minimum absolute atomic E-state index is 0.0475. The van der Waals surface area contributed by atoms with E-state index < -0.39 is 29.6 Å². The zero-order valence-electron chi connectivity index (χ0n) is 14.8. The van der Waals surface area contributed by atoms with E-state index in [4.69, 9.17) is 4.74 Å². The van der Waals surface area contributed by atoms with E-state index in [1.54, 1.807) is 24.3 Å². The van der Waals surface area contributed by atoms with Crippen molar-refractivity contribution < 1.29 is 19.4 Å². The van der Waals surface area contributed by atoms with Gasteiger partial charge in [0.05, 0.1) is 6.04 Å². The molecule has 0 saturated carbocycles. The minimum atomic E-state index is -0.808. The van der Waals surface area contributed by atoms with Crippen LogP contribution in [0.3, 0.4) is 0 Å². The number of nitrogens with zero attached hydrogens (tertiary/aromatic N) is 2. The van der Waals surface area contributed by atoms with Crippen molar-refractivity contribution in [2.45, 2.75) is 57.7 Å². The second kappa shape index (κ2) is 11.8. The third kappa shape index (κ3) is 8.95. The van der Waals surface area contributed by atoms with Crippen LogP contribution in [-0.4, -0.2) is 34.6 Å². The van der Waals surface area contributed by atoms with E-state index in [0.29, 0.717) is 6.42 Å². The van der Waals surface area contributed by atoms with Gasteiger partial charge in [-0.05, 0) is 18.4 Å². The third-order valence-corrected chi connectivity index (χ3v) is 3.94. The fourth-order valence-corrected chi connectivity index (χ4v) is 2.51. The maximum atomic E-state index is 11.9. The van der Waals surface area contributed by atoms with Crippen LogP contribution in [0.1, 0.15) is 44.6 Å². The molecule has 1 aromatic rings. The number of rotatable bonds is 12. The van der Waals surface area contributed by atoms with Crippen molar-refractivity contribution >= 4 is 6.09 Å². The lowest BCUT2D eigenvalue weighted by molar-refractivity contribution is -0.525. The zero-order chi connectivity index (χ0) is 19.4. The molecule has 0 aliphatic carbocycles. The van der Waals surface area contributed by atoms with Crippen molar-refractivity contribution in [1.82, 2.24) is 5.32 Å². The molecule has 0 saturated heterocycles. The molecular weight excluding hydrogens is 342 g/mol. The van der Waals surface area contributed by atoms with Gasteiger partial charge in [0, 0.05) is 22.7 Å². The van der Waals surface area contributed by atoms with Crippen LogP contribution in [-0.2, 0) is 11.3 Å². The Hall–Kier alpha value is -2.71. The summed E-state index contributed by atoms with van der Waals surface area (Å²) in [5.74, 6) is 0. The van der Waals surface area contributed by atoms with Gasteiger partial charge in [-0.25, -0.2) is 4.79 Å². The summed E-state index contributed by atoms with van der Waals surface area (Å²) in [6.07, 6.45) is 1.53. The highest BCUT2D eigenvalue weighted by atomic mass is 16.6. The van der Waals surface area contributed by atoms with Crippen LogP contribution in [0.25, 0.3) is 0 Å². The molecule has 0 radical (unpaired) electrons. The fraction of sp³-hybridized carbons (Fsp3) is 0.588. The molecule has 9 heteroatoms. The number of carbonyl (C=O) groups is 1. The van der Waals surface area contributed by atoms with Crippen LogP contribution in [0.5, 0.6) is 0 Å². The van der Waals surface area contributed by atoms with Crippen molar-refractivity contribution in [2.75, 3.05) is 6.54 Å². The summed E-state index contributed by atoms with van der Waals surface area (Å²) in [4.78, 5) is 32.9. The second-order valence-corrected chi connectivity index (χ2v) is 6.08. The lowest BCUT2D eigenvalue weighted by Gasteiger charge is -2.16. The van der Waals surface area contributed by atoms with Crippen LogP contribution >= 0.6 is 0 Å². The first kappa shape index (κ1) is 21.3. The van der Waals surface area contributed by atoms with Crippen molar-refractivity contribution in [3.63, 3.8) is 0 Å². The molecule has 0 fully saturated rings. The van der Waals surface area contributed by atoms with Gasteiger partial charge in [-0.3, -0.25) is 20.2 Å². The third-order valence-electron chi connectivity index (χ3n) is 3.94. The second-order valence-electron chi connectivity index (χ2n) is 6.08. The summed E-state index contributed by atoms with van der Waals surface area (Å²) < 4.78 is 5.05. The smallest absolute Gasteiger partial charge is 0.407 e. The molecule has 26 heavy (non-hydrogen) atoms. The van der Waals surface area contributed by atoms with E-state index in [9.17, 15) is 25.0 Å². The largest absolute Gasteiger partial charge is 0.445 e. The molecule has 144 valence electrons. The molecule has 0 spiro atoms. The Morgan fingerprint density at radius 2 is 1.85 bits per heavy atom. The van der Waals surface area contributed by atoms with Crippen LogP contribution < -0.4 is 5.32 Å². The van der Waals surface area contributed by atoms with Crippen LogP contribution in [0.2, 0.25) is 0 Å². The highest BCUT2D eigenvalue weighted by Gasteiger charge is 2.25. The summed E-state index contributed by atoms with van der Waals surface area (Å²) in [5.41, 5.74) is 0.793. The van der Waals surface area contributed by atoms with E-state index in [1.807, 2.05) is 13.0 Å². The summed E-state index contributed by atoms with van der Waals surface area (Å²) in [5, 5.41) is 24.3. The average molecular weight is 367 g/mol. The SMILES string of the molecule is CCCCC(CCC(C[N+](=O)[O-])NC(=O)OCc1ccccc1)[N+](=O)[O-]. The molecule has 0 aliphatic rings. The molecule has 1 N–H and O–H groups in total. The van der Waals surface area contributed by atoms with Crippen LogP contribution in [0.4, 0.5) is 4.79 Å². The van der Waals surface area contributed by atoms with Crippen molar-refractivity contribution in [1.29, 1.82) is 0 Å². The molecule has 0 aliphatic heterocycles. The van der Waals surface area contributed by atoms with Gasteiger partial charge in [0.25, 0.3) is 0 Å². The molecule has 0 bridgehead atoms. The maximum Gasteiger partial charge on any atom is 0.407 e. The fourth-order valence-electron chi connectivity index (χ4n) is 2.51. The number of hydrogen-bond donors (Lipinski definition) is 1. The molecule has 9 nitrogen and oxygen atoms in total. The minimum Gasteiger partial charge on any atom is -0.445 e. The lowest BCUT2D eigenvalue weighted by Crippen LogP contribution is -2.41. The average Bonchev–Trinajstić information content (AvgIpc) is 2.60. The van der Waals surface area contributed by atoms with E-state index in [2.05, 4.69) is 5.32 Å². The molecule has 0 heterocycles.